The van der Waals surface area contributed by atoms with Crippen molar-refractivity contribution in [3.05, 3.63) is 46.5 Å². The lowest BCUT2D eigenvalue weighted by Gasteiger charge is -2.08. The van der Waals surface area contributed by atoms with E-state index in [-0.39, 0.29) is 29.7 Å². The minimum absolute atomic E-state index is 0.0102. The van der Waals surface area contributed by atoms with E-state index in [1.54, 1.807) is 6.08 Å². The van der Waals surface area contributed by atoms with Crippen molar-refractivity contribution in [1.29, 1.82) is 0 Å². The van der Waals surface area contributed by atoms with Gasteiger partial charge in [0.25, 0.3) is 0 Å². The standard InChI is InChI=1S/C16H15ClF4O2/c1-16(2)9(3-4-17)10(16)5-13(22)23-7-8-14(20)11(18)6-12(19)15(8)21/h3-4,6,9-10H,5,7H2,1-2H3/b4-3+/t9-,10+/m1/s1. The zero-order chi connectivity index (χ0) is 17.4. The molecule has 0 spiro atoms. The molecule has 1 aliphatic carbocycles. The molecule has 1 aliphatic rings. The maximum absolute atomic E-state index is 13.5. The number of carbonyl (C=O) groups excluding carboxylic acids is 1. The lowest BCUT2D eigenvalue weighted by molar-refractivity contribution is -0.145. The van der Waals surface area contributed by atoms with E-state index < -0.39 is 41.4 Å². The molecule has 126 valence electrons. The van der Waals surface area contributed by atoms with Crippen LogP contribution in [0.15, 0.2) is 17.7 Å². The van der Waals surface area contributed by atoms with Crippen LogP contribution in [0.3, 0.4) is 0 Å². The summed E-state index contributed by atoms with van der Waals surface area (Å²) >= 11 is 5.52. The van der Waals surface area contributed by atoms with Crippen LogP contribution in [0.5, 0.6) is 0 Å². The van der Waals surface area contributed by atoms with Gasteiger partial charge in [0.05, 0.1) is 5.56 Å². The van der Waals surface area contributed by atoms with Gasteiger partial charge in [-0.3, -0.25) is 4.79 Å². The van der Waals surface area contributed by atoms with E-state index in [1.807, 2.05) is 13.8 Å². The first-order valence-corrected chi connectivity index (χ1v) is 7.38. The summed E-state index contributed by atoms with van der Waals surface area (Å²) in [5.41, 5.74) is 0.298. The molecule has 0 unspecified atom stereocenters. The third kappa shape index (κ3) is 3.52. The second kappa shape index (κ2) is 6.51. The molecule has 7 heteroatoms. The highest BCUT2D eigenvalue weighted by atomic mass is 35.5. The fourth-order valence-electron chi connectivity index (χ4n) is 2.78. The Morgan fingerprint density at radius 1 is 1.26 bits per heavy atom. The fourth-order valence-corrected chi connectivity index (χ4v) is 2.93. The molecular weight excluding hydrogens is 336 g/mol. The average molecular weight is 351 g/mol. The summed E-state index contributed by atoms with van der Waals surface area (Å²) in [6.45, 7) is 3.04. The lowest BCUT2D eigenvalue weighted by Crippen LogP contribution is -2.11. The number of benzene rings is 1. The van der Waals surface area contributed by atoms with Crippen molar-refractivity contribution in [1.82, 2.24) is 0 Å². The highest BCUT2D eigenvalue weighted by molar-refractivity contribution is 6.25. The minimum Gasteiger partial charge on any atom is -0.461 e. The smallest absolute Gasteiger partial charge is 0.306 e. The molecule has 23 heavy (non-hydrogen) atoms. The number of rotatable bonds is 5. The number of allylic oxidation sites excluding steroid dienone is 1. The van der Waals surface area contributed by atoms with Crippen LogP contribution in [0.4, 0.5) is 17.6 Å². The highest BCUT2D eigenvalue weighted by Gasteiger charge is 2.56. The number of esters is 1. The van der Waals surface area contributed by atoms with Gasteiger partial charge in [-0.15, -0.1) is 0 Å². The molecule has 2 atom stereocenters. The van der Waals surface area contributed by atoms with Crippen LogP contribution in [0.1, 0.15) is 25.8 Å². The summed E-state index contributed by atoms with van der Waals surface area (Å²) in [4.78, 5) is 11.8. The molecule has 2 nitrogen and oxygen atoms in total. The first-order chi connectivity index (χ1) is 10.7. The molecule has 1 fully saturated rings. The molecule has 0 saturated heterocycles. The molecular formula is C16H15ClF4O2. The van der Waals surface area contributed by atoms with Gasteiger partial charge in [-0.25, -0.2) is 17.6 Å². The van der Waals surface area contributed by atoms with Gasteiger partial charge in [0, 0.05) is 18.0 Å². The Kier molecular flexibility index (Phi) is 5.04. The molecule has 0 N–H and O–H groups in total. The Balaban J connectivity index is 1.99. The summed E-state index contributed by atoms with van der Waals surface area (Å²) in [5.74, 6) is -6.80. The second-order valence-electron chi connectivity index (χ2n) is 6.08. The third-order valence-corrected chi connectivity index (χ3v) is 4.53. The minimum atomic E-state index is -1.56. The summed E-state index contributed by atoms with van der Waals surface area (Å²) in [5, 5.41) is 0. The van der Waals surface area contributed by atoms with Crippen LogP contribution in [0.2, 0.25) is 0 Å². The van der Waals surface area contributed by atoms with Crippen molar-refractivity contribution < 1.29 is 27.1 Å². The van der Waals surface area contributed by atoms with Crippen LogP contribution in [-0.4, -0.2) is 5.97 Å². The monoisotopic (exact) mass is 350 g/mol. The van der Waals surface area contributed by atoms with Crippen molar-refractivity contribution in [3.63, 3.8) is 0 Å². The van der Waals surface area contributed by atoms with E-state index >= 15 is 0 Å². The number of carbonyl (C=O) groups is 1. The molecule has 0 heterocycles. The van der Waals surface area contributed by atoms with Crippen LogP contribution in [0, 0.1) is 40.5 Å². The van der Waals surface area contributed by atoms with Gasteiger partial charge in [0.1, 0.15) is 6.61 Å². The van der Waals surface area contributed by atoms with Crippen LogP contribution < -0.4 is 0 Å². The number of halogens is 5. The predicted molar refractivity (Wildman–Crippen MR) is 76.4 cm³/mol. The predicted octanol–water partition coefficient (Wildman–Crippen LogP) is 4.70. The molecule has 2 rings (SSSR count). The Bertz CT molecular complexity index is 632. The highest BCUT2D eigenvalue weighted by Crippen LogP contribution is 2.60. The number of hydrogen-bond donors (Lipinski definition) is 0. The Labute approximate surface area is 136 Å². The molecule has 1 aromatic rings. The van der Waals surface area contributed by atoms with Gasteiger partial charge in [-0.05, 0) is 17.3 Å². The van der Waals surface area contributed by atoms with Crippen molar-refractivity contribution in [3.8, 4) is 0 Å². The molecule has 1 aromatic carbocycles. The third-order valence-electron chi connectivity index (χ3n) is 4.39. The van der Waals surface area contributed by atoms with Crippen molar-refractivity contribution >= 4 is 17.6 Å². The first kappa shape index (κ1) is 17.8. The van der Waals surface area contributed by atoms with E-state index in [4.69, 9.17) is 16.3 Å². The van der Waals surface area contributed by atoms with Gasteiger partial charge in [-0.2, -0.15) is 0 Å². The van der Waals surface area contributed by atoms with Crippen LogP contribution in [-0.2, 0) is 16.1 Å². The molecule has 0 amide bonds. The zero-order valence-electron chi connectivity index (χ0n) is 12.5. The fraction of sp³-hybridized carbons (Fsp3) is 0.438. The van der Waals surface area contributed by atoms with Crippen LogP contribution >= 0.6 is 11.6 Å². The SMILES string of the molecule is CC1(C)[C@H](/C=C/Cl)[C@@H]1CC(=O)OCc1c(F)c(F)cc(F)c1F. The van der Waals surface area contributed by atoms with E-state index in [0.29, 0.717) is 0 Å². The first-order valence-electron chi connectivity index (χ1n) is 6.94. The summed E-state index contributed by atoms with van der Waals surface area (Å²) < 4.78 is 57.8. The summed E-state index contributed by atoms with van der Waals surface area (Å²) in [6, 6.07) is 0.103. The quantitative estimate of drug-likeness (QED) is 0.437. The van der Waals surface area contributed by atoms with E-state index in [2.05, 4.69) is 0 Å². The van der Waals surface area contributed by atoms with Gasteiger partial charge < -0.3 is 4.74 Å². The molecule has 0 radical (unpaired) electrons. The van der Waals surface area contributed by atoms with E-state index in [0.717, 1.165) is 0 Å². The number of hydrogen-bond acceptors (Lipinski definition) is 2. The van der Waals surface area contributed by atoms with Crippen LogP contribution in [0.25, 0.3) is 0 Å². The molecule has 0 bridgehead atoms. The largest absolute Gasteiger partial charge is 0.461 e. The molecule has 0 aliphatic heterocycles. The average Bonchev–Trinajstić information content (AvgIpc) is 2.97. The van der Waals surface area contributed by atoms with E-state index in [9.17, 15) is 22.4 Å². The van der Waals surface area contributed by atoms with Crippen molar-refractivity contribution in [2.45, 2.75) is 26.9 Å². The Morgan fingerprint density at radius 2 is 1.83 bits per heavy atom. The molecule has 0 aromatic heterocycles. The summed E-state index contributed by atoms with van der Waals surface area (Å²) in [6.07, 6.45) is 1.79. The lowest BCUT2D eigenvalue weighted by atomic mass is 10.1. The van der Waals surface area contributed by atoms with Crippen molar-refractivity contribution in [2.24, 2.45) is 17.3 Å². The van der Waals surface area contributed by atoms with Gasteiger partial charge in [-0.1, -0.05) is 31.5 Å². The maximum atomic E-state index is 13.5. The normalized spacial score (nSPS) is 22.4. The topological polar surface area (TPSA) is 26.3 Å². The van der Waals surface area contributed by atoms with Crippen molar-refractivity contribution in [2.75, 3.05) is 0 Å². The number of ether oxygens (including phenoxy) is 1. The second-order valence-corrected chi connectivity index (χ2v) is 6.34. The zero-order valence-corrected chi connectivity index (χ0v) is 13.3. The maximum Gasteiger partial charge on any atom is 0.306 e. The molecule has 1 saturated carbocycles. The van der Waals surface area contributed by atoms with Gasteiger partial charge >= 0.3 is 5.97 Å². The van der Waals surface area contributed by atoms with Gasteiger partial charge in [0.15, 0.2) is 23.3 Å². The van der Waals surface area contributed by atoms with E-state index in [1.165, 1.54) is 5.54 Å². The summed E-state index contributed by atoms with van der Waals surface area (Å²) in [7, 11) is 0. The van der Waals surface area contributed by atoms with Gasteiger partial charge in [0.2, 0.25) is 0 Å². The Morgan fingerprint density at radius 3 is 2.35 bits per heavy atom. The Hall–Kier alpha value is -1.56.